The Morgan fingerprint density at radius 1 is 1.07 bits per heavy atom. The third kappa shape index (κ3) is 4.17. The normalized spacial score (nSPS) is 15.1. The van der Waals surface area contributed by atoms with Crippen molar-refractivity contribution in [3.05, 3.63) is 69.6 Å². The molecule has 0 spiro atoms. The van der Waals surface area contributed by atoms with Crippen molar-refractivity contribution in [1.82, 2.24) is 10.2 Å². The van der Waals surface area contributed by atoms with E-state index in [1.807, 2.05) is 36.4 Å². The van der Waals surface area contributed by atoms with Gasteiger partial charge in [-0.3, -0.25) is 9.69 Å². The Labute approximate surface area is 167 Å². The van der Waals surface area contributed by atoms with Crippen molar-refractivity contribution in [3.8, 4) is 0 Å². The van der Waals surface area contributed by atoms with Crippen LogP contribution in [0.5, 0.6) is 0 Å². The zero-order valence-corrected chi connectivity index (χ0v) is 16.5. The molecule has 2 aromatic carbocycles. The third-order valence-corrected chi connectivity index (χ3v) is 6.47. The van der Waals surface area contributed by atoms with E-state index in [1.165, 1.54) is 16.9 Å². The molecule has 2 heterocycles. The van der Waals surface area contributed by atoms with E-state index in [0.717, 1.165) is 48.5 Å². The molecule has 0 saturated carbocycles. The molecular formula is C21H21ClN2O2S. The van der Waals surface area contributed by atoms with Crippen LogP contribution in [0.3, 0.4) is 0 Å². The molecular weight excluding hydrogens is 380 g/mol. The van der Waals surface area contributed by atoms with Crippen molar-refractivity contribution in [2.45, 2.75) is 13.1 Å². The van der Waals surface area contributed by atoms with Crippen LogP contribution in [0, 0.1) is 0 Å². The molecule has 4 rings (SSSR count). The first-order valence-corrected chi connectivity index (χ1v) is 10.2. The van der Waals surface area contributed by atoms with Crippen molar-refractivity contribution >= 4 is 38.9 Å². The molecule has 0 unspecified atom stereocenters. The lowest BCUT2D eigenvalue weighted by Crippen LogP contribution is -2.36. The number of amides is 1. The minimum absolute atomic E-state index is 0.123. The minimum atomic E-state index is -0.123. The summed E-state index contributed by atoms with van der Waals surface area (Å²) in [4.78, 5) is 15.7. The van der Waals surface area contributed by atoms with Crippen molar-refractivity contribution in [3.63, 3.8) is 0 Å². The third-order valence-electron chi connectivity index (χ3n) is 4.80. The van der Waals surface area contributed by atoms with Crippen LogP contribution in [0.15, 0.2) is 48.5 Å². The summed E-state index contributed by atoms with van der Waals surface area (Å²) >= 11 is 7.86. The Kier molecular flexibility index (Phi) is 5.74. The summed E-state index contributed by atoms with van der Waals surface area (Å²) < 4.78 is 6.45. The standard InChI is InChI=1S/C21H21ClN2O2S/c22-19-17-7-3-4-8-18(17)27-20(19)21(25)23-13-15-5-1-2-6-16(15)14-24-9-11-26-12-10-24/h1-8H,9-14H2,(H,23,25). The average Bonchev–Trinajstić information content (AvgIpc) is 3.05. The maximum atomic E-state index is 12.7. The number of benzene rings is 2. The fourth-order valence-corrected chi connectivity index (χ4v) is 4.73. The number of fused-ring (bicyclic) bond motifs is 1. The predicted octanol–water partition coefficient (Wildman–Crippen LogP) is 4.32. The van der Waals surface area contributed by atoms with Gasteiger partial charge in [-0.15, -0.1) is 11.3 Å². The van der Waals surface area contributed by atoms with Gasteiger partial charge in [-0.2, -0.15) is 0 Å². The molecule has 1 aliphatic heterocycles. The number of thiophene rings is 1. The second kappa shape index (κ2) is 8.40. The summed E-state index contributed by atoms with van der Waals surface area (Å²) in [5.74, 6) is -0.123. The van der Waals surface area contributed by atoms with Gasteiger partial charge in [0.2, 0.25) is 0 Å². The van der Waals surface area contributed by atoms with Gasteiger partial charge in [0.05, 0.1) is 18.2 Å². The summed E-state index contributed by atoms with van der Waals surface area (Å²) in [6.07, 6.45) is 0. The molecule has 6 heteroatoms. The summed E-state index contributed by atoms with van der Waals surface area (Å²) in [6.45, 7) is 4.81. The maximum Gasteiger partial charge on any atom is 0.263 e. The predicted molar refractivity (Wildman–Crippen MR) is 111 cm³/mol. The molecule has 1 aromatic heterocycles. The van der Waals surface area contributed by atoms with Crippen molar-refractivity contribution in [1.29, 1.82) is 0 Å². The van der Waals surface area contributed by atoms with Gasteiger partial charge < -0.3 is 10.1 Å². The first kappa shape index (κ1) is 18.4. The monoisotopic (exact) mass is 400 g/mol. The van der Waals surface area contributed by atoms with Gasteiger partial charge >= 0.3 is 0 Å². The van der Waals surface area contributed by atoms with Crippen LogP contribution >= 0.6 is 22.9 Å². The fourth-order valence-electron chi connectivity index (χ4n) is 3.30. The number of rotatable bonds is 5. The minimum Gasteiger partial charge on any atom is -0.379 e. The van der Waals surface area contributed by atoms with E-state index in [4.69, 9.17) is 16.3 Å². The topological polar surface area (TPSA) is 41.6 Å². The fraction of sp³-hybridized carbons (Fsp3) is 0.286. The summed E-state index contributed by atoms with van der Waals surface area (Å²) in [5.41, 5.74) is 2.37. The lowest BCUT2D eigenvalue weighted by atomic mass is 10.1. The highest BCUT2D eigenvalue weighted by atomic mass is 35.5. The number of nitrogens with one attached hydrogen (secondary N) is 1. The summed E-state index contributed by atoms with van der Waals surface area (Å²) in [7, 11) is 0. The van der Waals surface area contributed by atoms with E-state index in [-0.39, 0.29) is 5.91 Å². The Hall–Kier alpha value is -1.92. The Bertz CT molecular complexity index is 950. The van der Waals surface area contributed by atoms with Crippen molar-refractivity contribution in [2.24, 2.45) is 0 Å². The van der Waals surface area contributed by atoms with Crippen LogP contribution in [-0.2, 0) is 17.8 Å². The highest BCUT2D eigenvalue weighted by Crippen LogP contribution is 2.35. The lowest BCUT2D eigenvalue weighted by Gasteiger charge is -2.27. The van der Waals surface area contributed by atoms with Gasteiger partial charge in [-0.05, 0) is 17.2 Å². The molecule has 1 amide bonds. The number of nitrogens with zero attached hydrogens (tertiary/aromatic N) is 1. The number of halogens is 1. The van der Waals surface area contributed by atoms with E-state index < -0.39 is 0 Å². The first-order valence-electron chi connectivity index (χ1n) is 9.04. The molecule has 0 bridgehead atoms. The molecule has 4 nitrogen and oxygen atoms in total. The number of carbonyl (C=O) groups excluding carboxylic acids is 1. The second-order valence-corrected chi connectivity index (χ2v) is 8.01. The van der Waals surface area contributed by atoms with E-state index in [9.17, 15) is 4.79 Å². The molecule has 27 heavy (non-hydrogen) atoms. The van der Waals surface area contributed by atoms with E-state index >= 15 is 0 Å². The Morgan fingerprint density at radius 2 is 1.78 bits per heavy atom. The molecule has 140 valence electrons. The van der Waals surface area contributed by atoms with Gasteiger partial charge in [0, 0.05) is 36.3 Å². The number of morpholine rings is 1. The van der Waals surface area contributed by atoms with Crippen LogP contribution in [0.4, 0.5) is 0 Å². The molecule has 0 atom stereocenters. The highest BCUT2D eigenvalue weighted by molar-refractivity contribution is 7.21. The number of carbonyl (C=O) groups is 1. The van der Waals surface area contributed by atoms with Gasteiger partial charge in [-0.25, -0.2) is 0 Å². The SMILES string of the molecule is O=C(NCc1ccccc1CN1CCOCC1)c1sc2ccccc2c1Cl. The Morgan fingerprint density at radius 3 is 2.56 bits per heavy atom. The molecule has 3 aromatic rings. The largest absolute Gasteiger partial charge is 0.379 e. The Balaban J connectivity index is 1.46. The van der Waals surface area contributed by atoms with Crippen LogP contribution in [0.25, 0.3) is 10.1 Å². The quantitative estimate of drug-likeness (QED) is 0.693. The van der Waals surface area contributed by atoms with Crippen LogP contribution < -0.4 is 5.32 Å². The van der Waals surface area contributed by atoms with E-state index in [2.05, 4.69) is 22.3 Å². The average molecular weight is 401 g/mol. The number of ether oxygens (including phenoxy) is 1. The summed E-state index contributed by atoms with van der Waals surface area (Å²) in [6, 6.07) is 16.1. The smallest absolute Gasteiger partial charge is 0.263 e. The zero-order valence-electron chi connectivity index (χ0n) is 14.9. The van der Waals surface area contributed by atoms with Crippen molar-refractivity contribution < 1.29 is 9.53 Å². The van der Waals surface area contributed by atoms with Crippen LogP contribution in [0.1, 0.15) is 20.8 Å². The van der Waals surface area contributed by atoms with E-state index in [0.29, 0.717) is 16.4 Å². The number of hydrogen-bond acceptors (Lipinski definition) is 4. The number of hydrogen-bond donors (Lipinski definition) is 1. The molecule has 1 N–H and O–H groups in total. The zero-order chi connectivity index (χ0) is 18.6. The van der Waals surface area contributed by atoms with Crippen LogP contribution in [0.2, 0.25) is 5.02 Å². The molecule has 1 fully saturated rings. The van der Waals surface area contributed by atoms with E-state index in [1.54, 1.807) is 0 Å². The summed E-state index contributed by atoms with van der Waals surface area (Å²) in [5, 5.41) is 4.51. The van der Waals surface area contributed by atoms with Gasteiger partial charge in [0.15, 0.2) is 0 Å². The molecule has 0 radical (unpaired) electrons. The molecule has 1 saturated heterocycles. The van der Waals surface area contributed by atoms with Gasteiger partial charge in [-0.1, -0.05) is 54.1 Å². The first-order chi connectivity index (χ1) is 13.2. The maximum absolute atomic E-state index is 12.7. The second-order valence-electron chi connectivity index (χ2n) is 6.58. The van der Waals surface area contributed by atoms with Crippen LogP contribution in [-0.4, -0.2) is 37.1 Å². The van der Waals surface area contributed by atoms with Gasteiger partial charge in [0.25, 0.3) is 5.91 Å². The highest BCUT2D eigenvalue weighted by Gasteiger charge is 2.17. The van der Waals surface area contributed by atoms with Crippen molar-refractivity contribution in [2.75, 3.05) is 26.3 Å². The van der Waals surface area contributed by atoms with Gasteiger partial charge in [0.1, 0.15) is 4.88 Å². The molecule has 1 aliphatic rings. The molecule has 0 aliphatic carbocycles. The lowest BCUT2D eigenvalue weighted by molar-refractivity contribution is 0.0340.